The Balaban J connectivity index is 3.40. The highest BCUT2D eigenvalue weighted by molar-refractivity contribution is 5.76. The van der Waals surface area contributed by atoms with Gasteiger partial charge in [0.05, 0.1) is 18.8 Å². The summed E-state index contributed by atoms with van der Waals surface area (Å²) in [6.07, 6.45) is 74.7. The van der Waals surface area contributed by atoms with E-state index in [9.17, 15) is 15.0 Å². The molecule has 0 radical (unpaired) electrons. The third-order valence-electron chi connectivity index (χ3n) is 11.4. The van der Waals surface area contributed by atoms with Gasteiger partial charge in [-0.3, -0.25) is 4.79 Å². The molecule has 2 atom stereocenters. The highest BCUT2D eigenvalue weighted by atomic mass is 16.3. The Morgan fingerprint density at radius 1 is 0.417 bits per heavy atom. The first-order valence-corrected chi connectivity index (χ1v) is 25.8. The molecule has 0 spiro atoms. The van der Waals surface area contributed by atoms with E-state index in [1.54, 1.807) is 6.08 Å². The summed E-state index contributed by atoms with van der Waals surface area (Å²) in [7, 11) is 0. The summed E-state index contributed by atoms with van der Waals surface area (Å²) >= 11 is 0. The first-order chi connectivity index (χ1) is 29.7. The van der Waals surface area contributed by atoms with E-state index in [4.69, 9.17) is 0 Å². The van der Waals surface area contributed by atoms with E-state index in [1.165, 1.54) is 161 Å². The van der Waals surface area contributed by atoms with Crippen LogP contribution in [0.15, 0.2) is 85.1 Å². The molecule has 0 aromatic carbocycles. The molecule has 0 aliphatic rings. The Labute approximate surface area is 373 Å². The lowest BCUT2D eigenvalue weighted by Gasteiger charge is -2.20. The molecule has 0 saturated carbocycles. The Hall–Kier alpha value is -2.43. The molecule has 0 aliphatic carbocycles. The summed E-state index contributed by atoms with van der Waals surface area (Å²) in [5, 5.41) is 22.8. The molecule has 3 N–H and O–H groups in total. The minimum atomic E-state index is -0.836. The second kappa shape index (κ2) is 50.9. The normalized spacial score (nSPS) is 13.6. The summed E-state index contributed by atoms with van der Waals surface area (Å²) in [5.41, 5.74) is 0. The van der Waals surface area contributed by atoms with Crippen LogP contribution in [-0.4, -0.2) is 34.9 Å². The van der Waals surface area contributed by atoms with E-state index in [0.29, 0.717) is 6.42 Å². The number of allylic oxidation sites excluding steroid dienone is 13. The highest BCUT2D eigenvalue weighted by Gasteiger charge is 2.18. The zero-order valence-corrected chi connectivity index (χ0v) is 39.7. The number of nitrogens with one attached hydrogen (secondary N) is 1. The van der Waals surface area contributed by atoms with Crippen LogP contribution < -0.4 is 5.32 Å². The molecule has 0 rings (SSSR count). The van der Waals surface area contributed by atoms with E-state index in [-0.39, 0.29) is 12.5 Å². The van der Waals surface area contributed by atoms with Crippen molar-refractivity contribution in [1.82, 2.24) is 5.32 Å². The van der Waals surface area contributed by atoms with Crippen LogP contribution in [0, 0.1) is 0 Å². The van der Waals surface area contributed by atoms with Crippen LogP contribution >= 0.6 is 0 Å². The van der Waals surface area contributed by atoms with Crippen LogP contribution in [0.5, 0.6) is 0 Å². The molecule has 2 unspecified atom stereocenters. The van der Waals surface area contributed by atoms with Gasteiger partial charge in [-0.15, -0.1) is 0 Å². The number of aliphatic hydroxyl groups is 2. The van der Waals surface area contributed by atoms with Crippen LogP contribution in [0.25, 0.3) is 0 Å². The van der Waals surface area contributed by atoms with Crippen molar-refractivity contribution in [2.45, 2.75) is 257 Å². The number of unbranched alkanes of at least 4 members (excludes halogenated alkanes) is 27. The van der Waals surface area contributed by atoms with Crippen molar-refractivity contribution in [2.75, 3.05) is 6.61 Å². The van der Waals surface area contributed by atoms with Crippen LogP contribution in [0.2, 0.25) is 0 Å². The molecular weight excluding hydrogens is 735 g/mol. The third kappa shape index (κ3) is 46.6. The molecule has 0 saturated heterocycles. The molecule has 0 aromatic heterocycles. The summed E-state index contributed by atoms with van der Waals surface area (Å²) in [5.74, 6) is -0.0678. The highest BCUT2D eigenvalue weighted by Crippen LogP contribution is 2.16. The number of hydrogen-bond acceptors (Lipinski definition) is 3. The van der Waals surface area contributed by atoms with Crippen LogP contribution in [0.3, 0.4) is 0 Å². The Bertz CT molecular complexity index is 1080. The SMILES string of the molecule is CC/C=C\C/C=C\C/C=C\C/C=C\C/C=C\C/C=C\CCCCCCCCCCCCCCCCCCCCCCCCC(=O)NC(CO)C(O)/C=C/CCCCCCC. The summed E-state index contributed by atoms with van der Waals surface area (Å²) in [6.45, 7) is 4.14. The number of rotatable bonds is 46. The lowest BCUT2D eigenvalue weighted by atomic mass is 10.0. The van der Waals surface area contributed by atoms with Crippen molar-refractivity contribution >= 4 is 5.91 Å². The molecule has 4 heteroatoms. The monoisotopic (exact) mass is 834 g/mol. The van der Waals surface area contributed by atoms with Crippen LogP contribution in [0.1, 0.15) is 245 Å². The first kappa shape index (κ1) is 57.6. The molecule has 4 nitrogen and oxygen atoms in total. The zero-order chi connectivity index (χ0) is 43.5. The van der Waals surface area contributed by atoms with Gasteiger partial charge in [-0.05, 0) is 70.6 Å². The molecule has 0 aromatic rings. The predicted octanol–water partition coefficient (Wildman–Crippen LogP) is 16.8. The largest absolute Gasteiger partial charge is 0.394 e. The van der Waals surface area contributed by atoms with Crippen LogP contribution in [-0.2, 0) is 4.79 Å². The minimum absolute atomic E-state index is 0.0678. The fourth-order valence-corrected chi connectivity index (χ4v) is 7.48. The maximum absolute atomic E-state index is 12.3. The number of hydrogen-bond donors (Lipinski definition) is 3. The second-order valence-corrected chi connectivity index (χ2v) is 17.2. The fraction of sp³-hybridized carbons (Fsp3) is 0.732. The maximum atomic E-state index is 12.3. The number of amides is 1. The van der Waals surface area contributed by atoms with E-state index in [1.807, 2.05) is 6.08 Å². The number of carbonyl (C=O) groups is 1. The molecule has 60 heavy (non-hydrogen) atoms. The zero-order valence-electron chi connectivity index (χ0n) is 39.7. The smallest absolute Gasteiger partial charge is 0.220 e. The van der Waals surface area contributed by atoms with Gasteiger partial charge in [0.15, 0.2) is 0 Å². The Morgan fingerprint density at radius 2 is 0.733 bits per heavy atom. The molecule has 0 aliphatic heterocycles. The third-order valence-corrected chi connectivity index (χ3v) is 11.4. The molecule has 1 amide bonds. The van der Waals surface area contributed by atoms with Crippen molar-refractivity contribution in [3.05, 3.63) is 85.1 Å². The topological polar surface area (TPSA) is 69.6 Å². The quantitative estimate of drug-likeness (QED) is 0.0423. The van der Waals surface area contributed by atoms with Gasteiger partial charge in [0, 0.05) is 6.42 Å². The van der Waals surface area contributed by atoms with Crippen molar-refractivity contribution in [3.63, 3.8) is 0 Å². The van der Waals surface area contributed by atoms with Gasteiger partial charge in [0.2, 0.25) is 5.91 Å². The maximum Gasteiger partial charge on any atom is 0.220 e. The Morgan fingerprint density at radius 3 is 1.10 bits per heavy atom. The van der Waals surface area contributed by atoms with Gasteiger partial charge < -0.3 is 15.5 Å². The number of aliphatic hydroxyl groups excluding tert-OH is 2. The molecule has 0 bridgehead atoms. The molecule has 346 valence electrons. The van der Waals surface area contributed by atoms with Gasteiger partial charge in [-0.1, -0.05) is 253 Å². The van der Waals surface area contributed by atoms with Gasteiger partial charge in [0.25, 0.3) is 0 Å². The van der Waals surface area contributed by atoms with E-state index < -0.39 is 12.1 Å². The van der Waals surface area contributed by atoms with Gasteiger partial charge in [-0.25, -0.2) is 0 Å². The number of carbonyl (C=O) groups excluding carboxylic acids is 1. The fourth-order valence-electron chi connectivity index (χ4n) is 7.48. The predicted molar refractivity (Wildman–Crippen MR) is 267 cm³/mol. The van der Waals surface area contributed by atoms with E-state index in [2.05, 4.69) is 92.1 Å². The van der Waals surface area contributed by atoms with Crippen molar-refractivity contribution in [2.24, 2.45) is 0 Å². The average molecular weight is 834 g/mol. The standard InChI is InChI=1S/C56H99NO3/c1-3-5-7-9-11-12-13-14-15-16-17-18-19-20-21-22-23-24-25-26-27-28-29-30-31-32-33-34-35-36-37-38-39-40-41-42-43-44-46-48-50-52-56(60)57-54(53-58)55(59)51-49-47-45-10-8-6-4-2/h5,7,11-12,14-15,17-18,20-21,23-24,49,51,54-55,58-59H,3-4,6,8-10,13,16,19,22,25-48,50,52-53H2,1-2H3,(H,57,60)/b7-5-,12-11-,15-14-,18-17-,21-20-,24-23-,51-49+. The lowest BCUT2D eigenvalue weighted by Crippen LogP contribution is -2.45. The van der Waals surface area contributed by atoms with Gasteiger partial charge >= 0.3 is 0 Å². The molecule has 0 fully saturated rings. The average Bonchev–Trinajstić information content (AvgIpc) is 3.25. The van der Waals surface area contributed by atoms with Crippen LogP contribution in [0.4, 0.5) is 0 Å². The Kier molecular flexibility index (Phi) is 48.9. The molecular formula is C56H99NO3. The van der Waals surface area contributed by atoms with Gasteiger partial charge in [-0.2, -0.15) is 0 Å². The van der Waals surface area contributed by atoms with Crippen molar-refractivity contribution < 1.29 is 15.0 Å². The second-order valence-electron chi connectivity index (χ2n) is 17.2. The van der Waals surface area contributed by atoms with E-state index in [0.717, 1.165) is 64.2 Å². The minimum Gasteiger partial charge on any atom is -0.394 e. The summed E-state index contributed by atoms with van der Waals surface area (Å²) < 4.78 is 0. The summed E-state index contributed by atoms with van der Waals surface area (Å²) in [4.78, 5) is 12.3. The summed E-state index contributed by atoms with van der Waals surface area (Å²) in [6, 6.07) is -0.619. The van der Waals surface area contributed by atoms with Gasteiger partial charge in [0.1, 0.15) is 0 Å². The van der Waals surface area contributed by atoms with Crippen molar-refractivity contribution in [3.8, 4) is 0 Å². The van der Waals surface area contributed by atoms with E-state index >= 15 is 0 Å². The molecule has 0 heterocycles. The lowest BCUT2D eigenvalue weighted by molar-refractivity contribution is -0.123. The first-order valence-electron chi connectivity index (χ1n) is 25.8. The van der Waals surface area contributed by atoms with Crippen molar-refractivity contribution in [1.29, 1.82) is 0 Å².